The molecule has 0 aliphatic carbocycles. The van der Waals surface area contributed by atoms with Crippen LogP contribution in [-0.2, 0) is 14.3 Å². The van der Waals surface area contributed by atoms with Crippen molar-refractivity contribution >= 4 is 27.6 Å². The summed E-state index contributed by atoms with van der Waals surface area (Å²) in [5.74, 6) is -0.911. The van der Waals surface area contributed by atoms with Gasteiger partial charge in [-0.1, -0.05) is 28.1 Å². The molecule has 1 aliphatic heterocycles. The number of aliphatic imine (C=N–C) groups is 1. The van der Waals surface area contributed by atoms with Gasteiger partial charge in [0.25, 0.3) is 6.04 Å². The largest absolute Gasteiger partial charge is 0.460 e. The van der Waals surface area contributed by atoms with Gasteiger partial charge in [0.05, 0.1) is 29.7 Å². The first-order valence-electron chi connectivity index (χ1n) is 8.40. The van der Waals surface area contributed by atoms with Crippen molar-refractivity contribution in [3.63, 3.8) is 0 Å². The zero-order valence-corrected chi connectivity index (χ0v) is 17.3. The number of esters is 1. The van der Waals surface area contributed by atoms with Crippen LogP contribution >= 0.6 is 15.9 Å². The van der Waals surface area contributed by atoms with E-state index in [0.717, 1.165) is 15.6 Å². The molecule has 0 bridgehead atoms. The number of hydrogen-bond acceptors (Lipinski definition) is 4. The molecule has 2 rings (SSSR count). The van der Waals surface area contributed by atoms with Crippen molar-refractivity contribution in [2.45, 2.75) is 45.8 Å². The Morgan fingerprint density at radius 1 is 1.38 bits per heavy atom. The van der Waals surface area contributed by atoms with Gasteiger partial charge in [-0.05, 0) is 44.9 Å². The van der Waals surface area contributed by atoms with Crippen LogP contribution in [0.3, 0.4) is 0 Å². The van der Waals surface area contributed by atoms with Gasteiger partial charge in [-0.3, -0.25) is 4.99 Å². The van der Waals surface area contributed by atoms with E-state index >= 15 is 0 Å². The molecule has 1 aromatic rings. The van der Waals surface area contributed by atoms with Crippen molar-refractivity contribution < 1.29 is 14.3 Å². The molecule has 2 unspecified atom stereocenters. The van der Waals surface area contributed by atoms with Crippen molar-refractivity contribution in [1.29, 1.82) is 0 Å². The summed E-state index contributed by atoms with van der Waals surface area (Å²) in [5, 5.41) is 0. The van der Waals surface area contributed by atoms with Crippen molar-refractivity contribution in [3.8, 4) is 0 Å². The van der Waals surface area contributed by atoms with Gasteiger partial charge >= 0.3 is 5.97 Å². The fourth-order valence-corrected chi connectivity index (χ4v) is 3.80. The van der Waals surface area contributed by atoms with E-state index in [4.69, 9.17) is 16.0 Å². The van der Waals surface area contributed by atoms with E-state index in [0.29, 0.717) is 17.0 Å². The lowest BCUT2D eigenvalue weighted by atomic mass is 9.80. The summed E-state index contributed by atoms with van der Waals surface area (Å²) in [6.07, 6.45) is -0.265. The number of halogens is 1. The summed E-state index contributed by atoms with van der Waals surface area (Å²) in [6.45, 7) is 15.3. The van der Waals surface area contributed by atoms with E-state index in [1.165, 1.54) is 0 Å². The lowest BCUT2D eigenvalue weighted by molar-refractivity contribution is -0.143. The van der Waals surface area contributed by atoms with E-state index in [1.54, 1.807) is 21.0 Å². The predicted octanol–water partition coefficient (Wildman–Crippen LogP) is 4.46. The number of carbonyl (C=O) groups is 1. The van der Waals surface area contributed by atoms with Gasteiger partial charge in [0.2, 0.25) is 0 Å². The minimum atomic E-state index is -0.565. The smallest absolute Gasteiger partial charge is 0.337 e. The fourth-order valence-electron chi connectivity index (χ4n) is 3.06. The third kappa shape index (κ3) is 4.22. The molecule has 0 saturated heterocycles. The third-order valence-corrected chi connectivity index (χ3v) is 4.84. The van der Waals surface area contributed by atoms with Crippen LogP contribution < -0.4 is 0 Å². The summed E-state index contributed by atoms with van der Waals surface area (Å²) in [4.78, 5) is 21.2. The molecular weight excluding hydrogens is 396 g/mol. The van der Waals surface area contributed by atoms with Crippen LogP contribution in [0.2, 0.25) is 0 Å². The molecule has 1 heterocycles. The minimum Gasteiger partial charge on any atom is -0.460 e. The molecule has 6 heteroatoms. The van der Waals surface area contributed by atoms with Crippen LogP contribution in [0.4, 0.5) is 0 Å². The molecule has 0 radical (unpaired) electrons. The average molecular weight is 419 g/mol. The molecule has 1 aliphatic rings. The fraction of sp³-hybridized carbons (Fsp3) is 0.450. The van der Waals surface area contributed by atoms with Crippen LogP contribution in [0, 0.1) is 13.5 Å². The van der Waals surface area contributed by atoms with Gasteiger partial charge in [-0.15, -0.1) is 0 Å². The highest BCUT2D eigenvalue weighted by Gasteiger charge is 2.43. The number of nitrogens with zero attached hydrogens (tertiary/aromatic N) is 2. The molecule has 0 fully saturated rings. The number of methoxy groups -OCH3 is 1. The van der Waals surface area contributed by atoms with Gasteiger partial charge in [0, 0.05) is 11.6 Å². The maximum atomic E-state index is 12.9. The topological polar surface area (TPSA) is 52.2 Å². The zero-order valence-electron chi connectivity index (χ0n) is 15.7. The third-order valence-electron chi connectivity index (χ3n) is 4.15. The molecule has 0 spiro atoms. The first-order valence-corrected chi connectivity index (χ1v) is 9.20. The van der Waals surface area contributed by atoms with Crippen LogP contribution in [0.25, 0.3) is 4.85 Å². The Labute approximate surface area is 163 Å². The van der Waals surface area contributed by atoms with Crippen molar-refractivity contribution in [2.24, 2.45) is 4.99 Å². The lowest BCUT2D eigenvalue weighted by Crippen LogP contribution is -2.34. The molecule has 0 saturated carbocycles. The molecule has 0 amide bonds. The van der Waals surface area contributed by atoms with Crippen molar-refractivity contribution in [2.75, 3.05) is 13.7 Å². The maximum absolute atomic E-state index is 12.9. The number of rotatable bonds is 5. The van der Waals surface area contributed by atoms with Gasteiger partial charge in [0.15, 0.2) is 0 Å². The van der Waals surface area contributed by atoms with Crippen LogP contribution in [0.1, 0.15) is 37.8 Å². The maximum Gasteiger partial charge on any atom is 0.337 e. The molecule has 138 valence electrons. The Hall–Kier alpha value is -1.97. The Morgan fingerprint density at radius 3 is 2.62 bits per heavy atom. The first kappa shape index (κ1) is 20.3. The highest BCUT2D eigenvalue weighted by Crippen LogP contribution is 2.40. The first-order chi connectivity index (χ1) is 12.3. The Bertz CT molecular complexity index is 806. The second-order valence-corrected chi connectivity index (χ2v) is 7.43. The highest BCUT2D eigenvalue weighted by atomic mass is 79.9. The Morgan fingerprint density at radius 2 is 2.08 bits per heavy atom. The minimum absolute atomic E-state index is 0.185. The van der Waals surface area contributed by atoms with Crippen molar-refractivity contribution in [3.05, 3.63) is 56.5 Å². The summed E-state index contributed by atoms with van der Waals surface area (Å²) in [7, 11) is 1.56. The van der Waals surface area contributed by atoms with Crippen LogP contribution in [0.15, 0.2) is 38.9 Å². The van der Waals surface area contributed by atoms with E-state index in [-0.39, 0.29) is 12.7 Å². The molecule has 5 nitrogen and oxygen atoms in total. The lowest BCUT2D eigenvalue weighted by Gasteiger charge is -2.28. The molecule has 2 atom stereocenters. The van der Waals surface area contributed by atoms with Gasteiger partial charge in [-0.25, -0.2) is 11.4 Å². The Balaban J connectivity index is 2.70. The van der Waals surface area contributed by atoms with E-state index in [1.807, 2.05) is 32.0 Å². The van der Waals surface area contributed by atoms with Gasteiger partial charge < -0.3 is 14.3 Å². The number of carbonyl (C=O) groups excluding carboxylic acids is 1. The number of aryl methyl sites for hydroxylation is 1. The van der Waals surface area contributed by atoms with E-state index in [9.17, 15) is 4.79 Å². The molecule has 26 heavy (non-hydrogen) atoms. The SMILES string of the molecule is [C-]#[N+]C1C(C)=NC(COC)=C(C(=O)OC(C)C)C1c1ccc(C)cc1Br. The second-order valence-electron chi connectivity index (χ2n) is 6.58. The number of ether oxygens (including phenoxy) is 2. The second kappa shape index (κ2) is 8.61. The average Bonchev–Trinajstić information content (AvgIpc) is 2.54. The molecule has 0 N–H and O–H groups in total. The quantitative estimate of drug-likeness (QED) is 0.523. The van der Waals surface area contributed by atoms with Crippen LogP contribution in [0.5, 0.6) is 0 Å². The van der Waals surface area contributed by atoms with E-state index < -0.39 is 17.9 Å². The van der Waals surface area contributed by atoms with Crippen LogP contribution in [-0.4, -0.2) is 37.5 Å². The van der Waals surface area contributed by atoms with Gasteiger partial charge in [-0.2, -0.15) is 0 Å². The summed E-state index contributed by atoms with van der Waals surface area (Å²) >= 11 is 3.60. The highest BCUT2D eigenvalue weighted by molar-refractivity contribution is 9.10. The summed E-state index contributed by atoms with van der Waals surface area (Å²) < 4.78 is 11.6. The van der Waals surface area contributed by atoms with Crippen molar-refractivity contribution in [1.82, 2.24) is 0 Å². The zero-order chi connectivity index (χ0) is 19.4. The predicted molar refractivity (Wildman–Crippen MR) is 105 cm³/mol. The van der Waals surface area contributed by atoms with E-state index in [2.05, 4.69) is 25.8 Å². The number of hydrogen-bond donors (Lipinski definition) is 0. The standard InChI is InChI=1S/C20H23BrN2O3/c1-11(2)26-20(24)18-16(10-25-6)23-13(4)19(22-5)17(18)14-8-7-12(3)9-15(14)21/h7-9,11,17,19H,10H2,1-4,6H3. The van der Waals surface area contributed by atoms with Gasteiger partial charge in [0.1, 0.15) is 5.92 Å². The normalized spacial score (nSPS) is 20.0. The number of benzene rings is 1. The summed E-state index contributed by atoms with van der Waals surface area (Å²) in [5.41, 5.74) is 3.55. The Kier molecular flexibility index (Phi) is 6.74. The molecular formula is C20H23BrN2O3. The monoisotopic (exact) mass is 418 g/mol. The molecule has 1 aromatic carbocycles. The summed E-state index contributed by atoms with van der Waals surface area (Å²) in [6, 6.07) is 5.35. The molecule has 0 aromatic heterocycles.